The van der Waals surface area contributed by atoms with Crippen molar-refractivity contribution < 1.29 is 23.8 Å². The summed E-state index contributed by atoms with van der Waals surface area (Å²) in [6.45, 7) is 3.94. The van der Waals surface area contributed by atoms with Crippen molar-refractivity contribution in [3.63, 3.8) is 0 Å². The van der Waals surface area contributed by atoms with Crippen molar-refractivity contribution in [2.45, 2.75) is 25.8 Å². The van der Waals surface area contributed by atoms with Gasteiger partial charge in [-0.25, -0.2) is 0 Å². The molecule has 0 radical (unpaired) electrons. The first-order chi connectivity index (χ1) is 19.0. The van der Waals surface area contributed by atoms with Crippen LogP contribution in [-0.2, 0) is 16.1 Å². The molecule has 1 heterocycles. The van der Waals surface area contributed by atoms with E-state index in [1.807, 2.05) is 11.0 Å². The molecule has 0 aliphatic carbocycles. The maximum Gasteiger partial charge on any atom is 0.224 e. The molecular weight excluding hydrogens is 494 g/mol. The van der Waals surface area contributed by atoms with Gasteiger partial charge in [0.25, 0.3) is 0 Å². The quantitative estimate of drug-likeness (QED) is 0.382. The van der Waals surface area contributed by atoms with Crippen LogP contribution < -0.4 is 19.5 Å². The Morgan fingerprint density at radius 1 is 0.769 bits per heavy atom. The van der Waals surface area contributed by atoms with E-state index in [2.05, 4.69) is 58.7 Å². The third kappa shape index (κ3) is 7.51. The molecule has 1 saturated heterocycles. The minimum atomic E-state index is -0.167. The average molecular weight is 532 g/mol. The number of ether oxygens (including phenoxy) is 3. The van der Waals surface area contributed by atoms with Crippen molar-refractivity contribution in [1.82, 2.24) is 9.80 Å². The molecule has 2 amide bonds. The predicted molar refractivity (Wildman–Crippen MR) is 152 cm³/mol. The molecular formula is C31H37N3O5. The van der Waals surface area contributed by atoms with E-state index in [9.17, 15) is 9.59 Å². The lowest BCUT2D eigenvalue weighted by molar-refractivity contribution is -0.133. The maximum absolute atomic E-state index is 12.8. The molecule has 0 spiro atoms. The SMILES string of the molecule is COc1cc(NC(=O)CCCC(=O)N2CCN(Cc3cccc(-c4ccccc4)c3)CC2)cc(OC)c1OC. The van der Waals surface area contributed by atoms with E-state index in [-0.39, 0.29) is 18.2 Å². The second kappa shape index (κ2) is 13.7. The van der Waals surface area contributed by atoms with Crippen LogP contribution in [0.1, 0.15) is 24.8 Å². The molecule has 4 rings (SSSR count). The van der Waals surface area contributed by atoms with Gasteiger partial charge in [0, 0.05) is 63.4 Å². The summed E-state index contributed by atoms with van der Waals surface area (Å²) < 4.78 is 16.0. The molecule has 1 fully saturated rings. The molecule has 0 bridgehead atoms. The molecule has 0 unspecified atom stereocenters. The van der Waals surface area contributed by atoms with Crippen molar-refractivity contribution in [3.8, 4) is 28.4 Å². The highest BCUT2D eigenvalue weighted by Crippen LogP contribution is 2.40. The summed E-state index contributed by atoms with van der Waals surface area (Å²) in [6, 6.07) is 22.4. The molecule has 3 aromatic rings. The number of nitrogens with one attached hydrogen (secondary N) is 1. The van der Waals surface area contributed by atoms with Gasteiger partial charge in [0.05, 0.1) is 21.3 Å². The number of hydrogen-bond donors (Lipinski definition) is 1. The van der Waals surface area contributed by atoms with Crippen LogP contribution in [0.5, 0.6) is 17.2 Å². The van der Waals surface area contributed by atoms with Gasteiger partial charge in [-0.3, -0.25) is 14.5 Å². The summed E-state index contributed by atoms with van der Waals surface area (Å²) >= 11 is 0. The highest BCUT2D eigenvalue weighted by atomic mass is 16.5. The first-order valence-electron chi connectivity index (χ1n) is 13.2. The maximum atomic E-state index is 12.8. The molecule has 0 atom stereocenters. The number of anilines is 1. The van der Waals surface area contributed by atoms with Gasteiger partial charge in [0.2, 0.25) is 17.6 Å². The van der Waals surface area contributed by atoms with Gasteiger partial charge in [-0.1, -0.05) is 48.5 Å². The first kappa shape index (κ1) is 28.0. The molecule has 1 N–H and O–H groups in total. The summed E-state index contributed by atoms with van der Waals surface area (Å²) in [5.74, 6) is 1.32. The first-order valence-corrected chi connectivity index (χ1v) is 13.2. The molecule has 8 heteroatoms. The Hall–Kier alpha value is -4.04. The van der Waals surface area contributed by atoms with Crippen molar-refractivity contribution in [2.75, 3.05) is 52.8 Å². The Bertz CT molecular complexity index is 1230. The summed E-state index contributed by atoms with van der Waals surface area (Å²) in [6.07, 6.45) is 1.09. The summed E-state index contributed by atoms with van der Waals surface area (Å²) in [7, 11) is 4.58. The van der Waals surface area contributed by atoms with Gasteiger partial charge in [0.1, 0.15) is 0 Å². The molecule has 0 saturated carbocycles. The molecule has 3 aromatic carbocycles. The number of carbonyl (C=O) groups is 2. The Morgan fingerprint density at radius 3 is 2.08 bits per heavy atom. The van der Waals surface area contributed by atoms with Crippen molar-refractivity contribution >= 4 is 17.5 Å². The fraction of sp³-hybridized carbons (Fsp3) is 0.355. The second-order valence-corrected chi connectivity index (χ2v) is 9.54. The van der Waals surface area contributed by atoms with E-state index in [1.54, 1.807) is 12.1 Å². The van der Waals surface area contributed by atoms with Crippen molar-refractivity contribution in [3.05, 3.63) is 72.3 Å². The minimum Gasteiger partial charge on any atom is -0.493 e. The number of benzene rings is 3. The molecule has 0 aromatic heterocycles. The van der Waals surface area contributed by atoms with Gasteiger partial charge >= 0.3 is 0 Å². The fourth-order valence-electron chi connectivity index (χ4n) is 4.83. The van der Waals surface area contributed by atoms with Gasteiger partial charge in [-0.05, 0) is 29.2 Å². The second-order valence-electron chi connectivity index (χ2n) is 9.54. The lowest BCUT2D eigenvalue weighted by Crippen LogP contribution is -2.48. The number of rotatable bonds is 11. The fourth-order valence-corrected chi connectivity index (χ4v) is 4.83. The number of carbonyl (C=O) groups excluding carboxylic acids is 2. The van der Waals surface area contributed by atoms with Gasteiger partial charge < -0.3 is 24.4 Å². The zero-order valence-corrected chi connectivity index (χ0v) is 22.9. The molecule has 1 aliphatic rings. The van der Waals surface area contributed by atoms with Crippen LogP contribution in [0.3, 0.4) is 0 Å². The number of nitrogens with zero attached hydrogens (tertiary/aromatic N) is 2. The summed E-state index contributed by atoms with van der Waals surface area (Å²) in [5.41, 5.74) is 4.25. The number of piperazine rings is 1. The Morgan fingerprint density at radius 2 is 1.44 bits per heavy atom. The lowest BCUT2D eigenvalue weighted by Gasteiger charge is -2.35. The lowest BCUT2D eigenvalue weighted by atomic mass is 10.0. The minimum absolute atomic E-state index is 0.0984. The van der Waals surface area contributed by atoms with Crippen LogP contribution in [0.4, 0.5) is 5.69 Å². The monoisotopic (exact) mass is 531 g/mol. The van der Waals surface area contributed by atoms with E-state index in [1.165, 1.54) is 38.0 Å². The Balaban J connectivity index is 1.20. The number of amides is 2. The van der Waals surface area contributed by atoms with Crippen LogP contribution in [0.25, 0.3) is 11.1 Å². The van der Waals surface area contributed by atoms with Crippen LogP contribution in [0.2, 0.25) is 0 Å². The third-order valence-electron chi connectivity index (χ3n) is 6.91. The van der Waals surface area contributed by atoms with Gasteiger partial charge in [-0.2, -0.15) is 0 Å². The number of methoxy groups -OCH3 is 3. The van der Waals surface area contributed by atoms with E-state index >= 15 is 0 Å². The smallest absolute Gasteiger partial charge is 0.224 e. The highest BCUT2D eigenvalue weighted by molar-refractivity contribution is 5.91. The van der Waals surface area contributed by atoms with E-state index in [0.717, 1.165) is 19.6 Å². The summed E-state index contributed by atoms with van der Waals surface area (Å²) in [4.78, 5) is 29.6. The van der Waals surface area contributed by atoms with E-state index in [4.69, 9.17) is 14.2 Å². The normalized spacial score (nSPS) is 13.6. The Kier molecular flexibility index (Phi) is 9.80. The third-order valence-corrected chi connectivity index (χ3v) is 6.91. The standard InChI is InChI=1S/C31H37N3O5/c1-37-27-20-26(21-28(38-2)31(27)39-3)32-29(35)13-8-14-30(36)34-17-15-33(16-18-34)22-23-9-7-12-25(19-23)24-10-5-4-6-11-24/h4-7,9-12,19-21H,8,13-18,22H2,1-3H3,(H,32,35). The van der Waals surface area contributed by atoms with Crippen LogP contribution >= 0.6 is 0 Å². The van der Waals surface area contributed by atoms with Crippen LogP contribution in [-0.4, -0.2) is 69.1 Å². The van der Waals surface area contributed by atoms with Crippen LogP contribution in [0, 0.1) is 0 Å². The number of hydrogen-bond acceptors (Lipinski definition) is 6. The van der Waals surface area contributed by atoms with Crippen molar-refractivity contribution in [1.29, 1.82) is 0 Å². The zero-order chi connectivity index (χ0) is 27.6. The zero-order valence-electron chi connectivity index (χ0n) is 22.9. The van der Waals surface area contributed by atoms with E-state index < -0.39 is 0 Å². The van der Waals surface area contributed by atoms with E-state index in [0.29, 0.717) is 48.9 Å². The predicted octanol–water partition coefficient (Wildman–Crippen LogP) is 4.83. The van der Waals surface area contributed by atoms with Gasteiger partial charge in [-0.15, -0.1) is 0 Å². The Labute approximate surface area is 230 Å². The molecule has 206 valence electrons. The highest BCUT2D eigenvalue weighted by Gasteiger charge is 2.21. The van der Waals surface area contributed by atoms with Crippen molar-refractivity contribution in [2.24, 2.45) is 0 Å². The van der Waals surface area contributed by atoms with Gasteiger partial charge in [0.15, 0.2) is 11.5 Å². The largest absolute Gasteiger partial charge is 0.493 e. The molecule has 1 aliphatic heterocycles. The molecule has 39 heavy (non-hydrogen) atoms. The topological polar surface area (TPSA) is 80.3 Å². The summed E-state index contributed by atoms with van der Waals surface area (Å²) in [5, 5.41) is 2.85. The van der Waals surface area contributed by atoms with Crippen LogP contribution in [0.15, 0.2) is 66.7 Å². The molecule has 8 nitrogen and oxygen atoms in total. The average Bonchev–Trinajstić information content (AvgIpc) is 2.97.